The first-order chi connectivity index (χ1) is 8.52. The number of likely N-dealkylation sites (tertiary alicyclic amines) is 1. The molecule has 0 aliphatic carbocycles. The lowest BCUT2D eigenvalue weighted by molar-refractivity contribution is 0.110. The van der Waals surface area contributed by atoms with Gasteiger partial charge in [-0.25, -0.2) is 0 Å². The minimum Gasteiger partial charge on any atom is -0.399 e. The highest BCUT2D eigenvalue weighted by Crippen LogP contribution is 2.34. The zero-order valence-electron chi connectivity index (χ0n) is 11.4. The normalized spacial score (nSPS) is 19.9. The number of hydrogen-bond acceptors (Lipinski definition) is 2. The van der Waals surface area contributed by atoms with Crippen molar-refractivity contribution < 1.29 is 0 Å². The standard InChI is InChI=1S/C15H23ClN2/c1-3-15(2)6-8-18(9-7-15)11-12-4-5-13(17)10-14(12)16/h4-5,10H,3,6-9,11,17H2,1-2H3. The van der Waals surface area contributed by atoms with Crippen LogP contribution in [0.25, 0.3) is 0 Å². The molecule has 18 heavy (non-hydrogen) atoms. The molecule has 0 radical (unpaired) electrons. The molecule has 0 unspecified atom stereocenters. The van der Waals surface area contributed by atoms with Crippen LogP contribution in [-0.2, 0) is 6.54 Å². The number of hydrogen-bond donors (Lipinski definition) is 1. The van der Waals surface area contributed by atoms with Crippen LogP contribution >= 0.6 is 11.6 Å². The van der Waals surface area contributed by atoms with Crippen molar-refractivity contribution in [1.82, 2.24) is 4.90 Å². The summed E-state index contributed by atoms with van der Waals surface area (Å²) in [6.45, 7) is 7.99. The lowest BCUT2D eigenvalue weighted by Gasteiger charge is -2.39. The van der Waals surface area contributed by atoms with Gasteiger partial charge in [-0.05, 0) is 49.0 Å². The molecule has 2 N–H and O–H groups in total. The van der Waals surface area contributed by atoms with Crippen molar-refractivity contribution in [2.75, 3.05) is 18.8 Å². The number of nitrogens with zero attached hydrogens (tertiary/aromatic N) is 1. The van der Waals surface area contributed by atoms with Crippen molar-refractivity contribution in [2.45, 2.75) is 39.7 Å². The van der Waals surface area contributed by atoms with E-state index in [0.29, 0.717) is 5.41 Å². The van der Waals surface area contributed by atoms with Gasteiger partial charge < -0.3 is 5.73 Å². The Labute approximate surface area is 115 Å². The maximum atomic E-state index is 6.23. The Morgan fingerprint density at radius 2 is 2.00 bits per heavy atom. The fourth-order valence-corrected chi connectivity index (χ4v) is 2.79. The fraction of sp³-hybridized carbons (Fsp3) is 0.600. The molecular weight excluding hydrogens is 244 g/mol. The van der Waals surface area contributed by atoms with E-state index in [1.165, 1.54) is 37.9 Å². The molecule has 2 rings (SSSR count). The van der Waals surface area contributed by atoms with Gasteiger partial charge in [0.25, 0.3) is 0 Å². The Hall–Kier alpha value is -0.730. The van der Waals surface area contributed by atoms with E-state index in [1.807, 2.05) is 18.2 Å². The van der Waals surface area contributed by atoms with Gasteiger partial charge in [0, 0.05) is 17.3 Å². The summed E-state index contributed by atoms with van der Waals surface area (Å²) in [5, 5.41) is 0.791. The molecule has 0 spiro atoms. The van der Waals surface area contributed by atoms with Crippen LogP contribution in [0, 0.1) is 5.41 Å². The van der Waals surface area contributed by atoms with Crippen molar-refractivity contribution in [3.05, 3.63) is 28.8 Å². The van der Waals surface area contributed by atoms with Gasteiger partial charge in [-0.15, -0.1) is 0 Å². The fourth-order valence-electron chi connectivity index (χ4n) is 2.54. The highest BCUT2D eigenvalue weighted by Gasteiger charge is 2.28. The van der Waals surface area contributed by atoms with Gasteiger partial charge in [0.1, 0.15) is 0 Å². The molecule has 0 aromatic heterocycles. The molecule has 1 aromatic carbocycles. The van der Waals surface area contributed by atoms with Gasteiger partial charge in [0.2, 0.25) is 0 Å². The molecule has 0 saturated carbocycles. The van der Waals surface area contributed by atoms with Gasteiger partial charge in [-0.1, -0.05) is 37.9 Å². The summed E-state index contributed by atoms with van der Waals surface area (Å²) in [5.74, 6) is 0. The van der Waals surface area contributed by atoms with E-state index >= 15 is 0 Å². The van der Waals surface area contributed by atoms with E-state index in [4.69, 9.17) is 17.3 Å². The Morgan fingerprint density at radius 1 is 1.33 bits per heavy atom. The number of anilines is 1. The second kappa shape index (κ2) is 5.50. The molecule has 1 saturated heterocycles. The number of benzene rings is 1. The molecule has 1 heterocycles. The van der Waals surface area contributed by atoms with Crippen LogP contribution in [0.5, 0.6) is 0 Å². The Bertz CT molecular complexity index is 409. The quantitative estimate of drug-likeness (QED) is 0.840. The maximum Gasteiger partial charge on any atom is 0.0471 e. The van der Waals surface area contributed by atoms with Crippen LogP contribution in [0.15, 0.2) is 18.2 Å². The number of piperidine rings is 1. The van der Waals surface area contributed by atoms with Crippen LogP contribution in [0.1, 0.15) is 38.7 Å². The molecule has 0 bridgehead atoms. The van der Waals surface area contributed by atoms with Crippen molar-refractivity contribution in [3.8, 4) is 0 Å². The summed E-state index contributed by atoms with van der Waals surface area (Å²) in [6, 6.07) is 5.82. The molecule has 1 aromatic rings. The first-order valence-electron chi connectivity index (χ1n) is 6.79. The zero-order chi connectivity index (χ0) is 13.2. The van der Waals surface area contributed by atoms with E-state index in [9.17, 15) is 0 Å². The second-order valence-electron chi connectivity index (χ2n) is 5.79. The summed E-state index contributed by atoms with van der Waals surface area (Å²) < 4.78 is 0. The average molecular weight is 267 g/mol. The van der Waals surface area contributed by atoms with E-state index in [1.54, 1.807) is 0 Å². The van der Waals surface area contributed by atoms with Crippen molar-refractivity contribution in [2.24, 2.45) is 5.41 Å². The molecule has 0 atom stereocenters. The van der Waals surface area contributed by atoms with Crippen molar-refractivity contribution in [3.63, 3.8) is 0 Å². The topological polar surface area (TPSA) is 29.3 Å². The highest BCUT2D eigenvalue weighted by atomic mass is 35.5. The lowest BCUT2D eigenvalue weighted by Crippen LogP contribution is -2.37. The average Bonchev–Trinajstić information content (AvgIpc) is 2.36. The van der Waals surface area contributed by atoms with E-state index < -0.39 is 0 Å². The minimum absolute atomic E-state index is 0.543. The predicted molar refractivity (Wildman–Crippen MR) is 78.8 cm³/mol. The first-order valence-corrected chi connectivity index (χ1v) is 7.16. The molecule has 1 fully saturated rings. The van der Waals surface area contributed by atoms with Crippen LogP contribution in [0.3, 0.4) is 0 Å². The maximum absolute atomic E-state index is 6.23. The molecule has 100 valence electrons. The lowest BCUT2D eigenvalue weighted by atomic mass is 9.78. The van der Waals surface area contributed by atoms with Crippen LogP contribution in [-0.4, -0.2) is 18.0 Å². The third kappa shape index (κ3) is 3.18. The van der Waals surface area contributed by atoms with E-state index in [0.717, 1.165) is 17.3 Å². The van der Waals surface area contributed by atoms with Gasteiger partial charge in [0.05, 0.1) is 0 Å². The van der Waals surface area contributed by atoms with Crippen LogP contribution < -0.4 is 5.73 Å². The molecule has 1 aliphatic rings. The Morgan fingerprint density at radius 3 is 2.56 bits per heavy atom. The smallest absolute Gasteiger partial charge is 0.0471 e. The molecule has 3 heteroatoms. The number of rotatable bonds is 3. The summed E-state index contributed by atoms with van der Waals surface area (Å²) in [5.41, 5.74) is 8.18. The number of nitrogens with two attached hydrogens (primary N) is 1. The third-order valence-electron chi connectivity index (χ3n) is 4.39. The van der Waals surface area contributed by atoms with E-state index in [2.05, 4.69) is 18.7 Å². The number of halogens is 1. The molecule has 1 aliphatic heterocycles. The van der Waals surface area contributed by atoms with Gasteiger partial charge in [-0.3, -0.25) is 4.90 Å². The summed E-state index contributed by atoms with van der Waals surface area (Å²) >= 11 is 6.23. The monoisotopic (exact) mass is 266 g/mol. The van der Waals surface area contributed by atoms with Crippen molar-refractivity contribution in [1.29, 1.82) is 0 Å². The summed E-state index contributed by atoms with van der Waals surface area (Å²) in [6.07, 6.45) is 3.86. The van der Waals surface area contributed by atoms with Gasteiger partial charge in [-0.2, -0.15) is 0 Å². The van der Waals surface area contributed by atoms with E-state index in [-0.39, 0.29) is 0 Å². The summed E-state index contributed by atoms with van der Waals surface area (Å²) in [7, 11) is 0. The van der Waals surface area contributed by atoms with Crippen molar-refractivity contribution >= 4 is 17.3 Å². The summed E-state index contributed by atoms with van der Waals surface area (Å²) in [4.78, 5) is 2.49. The predicted octanol–water partition coefficient (Wildman–Crippen LogP) is 3.93. The highest BCUT2D eigenvalue weighted by molar-refractivity contribution is 6.31. The SMILES string of the molecule is CCC1(C)CCN(Cc2ccc(N)cc2Cl)CC1. The minimum atomic E-state index is 0.543. The Balaban J connectivity index is 1.95. The van der Waals surface area contributed by atoms with Gasteiger partial charge >= 0.3 is 0 Å². The third-order valence-corrected chi connectivity index (χ3v) is 4.74. The van der Waals surface area contributed by atoms with Gasteiger partial charge in [0.15, 0.2) is 0 Å². The Kier molecular flexibility index (Phi) is 4.18. The van der Waals surface area contributed by atoms with Crippen LogP contribution in [0.2, 0.25) is 5.02 Å². The van der Waals surface area contributed by atoms with Crippen LogP contribution in [0.4, 0.5) is 5.69 Å². The first kappa shape index (κ1) is 13.7. The molecular formula is C15H23ClN2. The molecule has 2 nitrogen and oxygen atoms in total. The second-order valence-corrected chi connectivity index (χ2v) is 6.20. The number of nitrogen functional groups attached to an aromatic ring is 1. The zero-order valence-corrected chi connectivity index (χ0v) is 12.1. The molecule has 0 amide bonds. The largest absolute Gasteiger partial charge is 0.399 e.